The van der Waals surface area contributed by atoms with Crippen molar-refractivity contribution in [1.29, 1.82) is 0 Å². The van der Waals surface area contributed by atoms with E-state index in [1.54, 1.807) is 0 Å². The summed E-state index contributed by atoms with van der Waals surface area (Å²) in [5.41, 5.74) is 0. The molecule has 0 spiro atoms. The summed E-state index contributed by atoms with van der Waals surface area (Å²) in [6, 6.07) is 0. The maximum atomic E-state index is 10.7. The van der Waals surface area contributed by atoms with Gasteiger partial charge in [0.15, 0.2) is 0 Å². The lowest BCUT2D eigenvalue weighted by molar-refractivity contribution is -0.112. The lowest BCUT2D eigenvalue weighted by atomic mass is 9.69. The largest absolute Gasteiger partial charge is 0.303 e. The highest BCUT2D eigenvalue weighted by molar-refractivity contribution is 5.53. The Morgan fingerprint density at radius 3 is 1.56 bits per heavy atom. The van der Waals surface area contributed by atoms with Gasteiger partial charge in [-0.1, -0.05) is 6.08 Å². The third-order valence-corrected chi connectivity index (χ3v) is 4.83. The molecule has 0 radical (unpaired) electrons. The van der Waals surface area contributed by atoms with Crippen LogP contribution in [0.5, 0.6) is 0 Å². The van der Waals surface area contributed by atoms with Gasteiger partial charge in [-0.05, 0) is 69.1 Å². The van der Waals surface area contributed by atoms with Gasteiger partial charge in [0.05, 0.1) is 0 Å². The third kappa shape index (κ3) is 2.75. The molecule has 0 bridgehead atoms. The van der Waals surface area contributed by atoms with Crippen LogP contribution in [0.2, 0.25) is 0 Å². The Morgan fingerprint density at radius 2 is 1.19 bits per heavy atom. The summed E-state index contributed by atoms with van der Waals surface area (Å²) < 4.78 is 0. The average Bonchev–Trinajstić information content (AvgIpc) is 2.39. The van der Waals surface area contributed by atoms with E-state index in [0.717, 1.165) is 30.6 Å². The molecule has 0 amide bonds. The molecule has 0 aromatic heterocycles. The Morgan fingerprint density at radius 1 is 0.750 bits per heavy atom. The van der Waals surface area contributed by atoms with Crippen molar-refractivity contribution >= 4 is 6.29 Å². The molecule has 0 unspecified atom stereocenters. The zero-order valence-electron chi connectivity index (χ0n) is 10.2. The molecule has 0 aliphatic heterocycles. The van der Waals surface area contributed by atoms with Crippen molar-refractivity contribution < 1.29 is 4.79 Å². The predicted octanol–water partition coefficient (Wildman–Crippen LogP) is 3.98. The maximum Gasteiger partial charge on any atom is 0.123 e. The molecule has 0 heterocycles. The van der Waals surface area contributed by atoms with E-state index in [1.807, 2.05) is 0 Å². The van der Waals surface area contributed by atoms with Gasteiger partial charge in [-0.25, -0.2) is 0 Å². The summed E-state index contributed by atoms with van der Waals surface area (Å²) in [5.74, 6) is 3.02. The van der Waals surface area contributed by atoms with Crippen LogP contribution in [-0.2, 0) is 4.79 Å². The number of allylic oxidation sites excluding steroid dienone is 1. The Bertz CT molecular complexity index is 204. The number of hydrogen-bond acceptors (Lipinski definition) is 1. The number of hydrogen-bond donors (Lipinski definition) is 0. The van der Waals surface area contributed by atoms with E-state index in [1.165, 1.54) is 44.8 Å². The van der Waals surface area contributed by atoms with Crippen LogP contribution in [0.25, 0.3) is 0 Å². The second kappa shape index (κ2) is 5.65. The molecular formula is C15H24O. The molecule has 0 atom stereocenters. The van der Waals surface area contributed by atoms with Crippen molar-refractivity contribution in [3.05, 3.63) is 12.7 Å². The molecule has 0 aromatic rings. The van der Waals surface area contributed by atoms with Gasteiger partial charge in [-0.15, -0.1) is 6.58 Å². The molecule has 1 heteroatoms. The molecular weight excluding hydrogens is 196 g/mol. The molecule has 2 saturated carbocycles. The van der Waals surface area contributed by atoms with Crippen molar-refractivity contribution in [2.45, 2.75) is 51.4 Å². The van der Waals surface area contributed by atoms with E-state index in [-0.39, 0.29) is 0 Å². The van der Waals surface area contributed by atoms with Crippen LogP contribution in [0, 0.1) is 23.7 Å². The Balaban J connectivity index is 1.77. The molecule has 2 aliphatic carbocycles. The summed E-state index contributed by atoms with van der Waals surface area (Å²) in [6.45, 7) is 3.90. The first-order chi connectivity index (χ1) is 7.83. The first-order valence-electron chi connectivity index (χ1n) is 6.91. The van der Waals surface area contributed by atoms with E-state index >= 15 is 0 Å². The highest BCUT2D eigenvalue weighted by Gasteiger charge is 2.29. The first kappa shape index (κ1) is 11.9. The molecule has 2 rings (SSSR count). The van der Waals surface area contributed by atoms with Crippen molar-refractivity contribution in [3.8, 4) is 0 Å². The molecule has 0 saturated heterocycles. The normalized spacial score (nSPS) is 40.2. The standard InChI is InChI=1S/C15H24O/c1-2-12-3-7-14(8-4-12)15-9-5-13(11-16)6-10-15/h2,11-15H,1,3-10H2. The van der Waals surface area contributed by atoms with Crippen LogP contribution in [0.3, 0.4) is 0 Å². The fraction of sp³-hybridized carbons (Fsp3) is 0.800. The summed E-state index contributed by atoms with van der Waals surface area (Å²) >= 11 is 0. The van der Waals surface area contributed by atoms with Gasteiger partial charge in [0.1, 0.15) is 6.29 Å². The van der Waals surface area contributed by atoms with Crippen molar-refractivity contribution in [3.63, 3.8) is 0 Å². The van der Waals surface area contributed by atoms with E-state index in [9.17, 15) is 4.79 Å². The van der Waals surface area contributed by atoms with E-state index in [2.05, 4.69) is 12.7 Å². The molecule has 0 aromatic carbocycles. The van der Waals surface area contributed by atoms with Gasteiger partial charge < -0.3 is 4.79 Å². The van der Waals surface area contributed by atoms with Gasteiger partial charge in [0.25, 0.3) is 0 Å². The second-order valence-electron chi connectivity index (χ2n) is 5.72. The highest BCUT2D eigenvalue weighted by atomic mass is 16.1. The minimum absolute atomic E-state index is 0.376. The highest BCUT2D eigenvalue weighted by Crippen LogP contribution is 2.41. The number of carbonyl (C=O) groups excluding carboxylic acids is 1. The lowest BCUT2D eigenvalue weighted by Gasteiger charge is -2.36. The Labute approximate surface area is 99.3 Å². The summed E-state index contributed by atoms with van der Waals surface area (Å²) in [6.07, 6.45) is 13.7. The molecule has 1 nitrogen and oxygen atoms in total. The molecule has 0 N–H and O–H groups in total. The quantitative estimate of drug-likeness (QED) is 0.519. The Kier molecular flexibility index (Phi) is 4.20. The van der Waals surface area contributed by atoms with Crippen LogP contribution >= 0.6 is 0 Å². The number of carbonyl (C=O) groups is 1. The topological polar surface area (TPSA) is 17.1 Å². The zero-order chi connectivity index (χ0) is 11.4. The first-order valence-corrected chi connectivity index (χ1v) is 6.91. The number of rotatable bonds is 3. The monoisotopic (exact) mass is 220 g/mol. The molecule has 16 heavy (non-hydrogen) atoms. The van der Waals surface area contributed by atoms with Crippen LogP contribution in [-0.4, -0.2) is 6.29 Å². The SMILES string of the molecule is C=CC1CCC(C2CCC(C=O)CC2)CC1. The fourth-order valence-electron chi connectivity index (χ4n) is 3.60. The van der Waals surface area contributed by atoms with Gasteiger partial charge in [-0.3, -0.25) is 0 Å². The van der Waals surface area contributed by atoms with Gasteiger partial charge >= 0.3 is 0 Å². The maximum absolute atomic E-state index is 10.7. The van der Waals surface area contributed by atoms with Crippen LogP contribution in [0.1, 0.15) is 51.4 Å². The Hall–Kier alpha value is -0.590. The van der Waals surface area contributed by atoms with Gasteiger partial charge in [-0.2, -0.15) is 0 Å². The van der Waals surface area contributed by atoms with Crippen LogP contribution < -0.4 is 0 Å². The molecule has 2 aliphatic rings. The van der Waals surface area contributed by atoms with Gasteiger partial charge in [0.2, 0.25) is 0 Å². The van der Waals surface area contributed by atoms with E-state index in [4.69, 9.17) is 0 Å². The predicted molar refractivity (Wildman–Crippen MR) is 67.2 cm³/mol. The number of aldehydes is 1. The van der Waals surface area contributed by atoms with Gasteiger partial charge in [0, 0.05) is 5.92 Å². The minimum Gasteiger partial charge on any atom is -0.303 e. The molecule has 90 valence electrons. The fourth-order valence-corrected chi connectivity index (χ4v) is 3.60. The van der Waals surface area contributed by atoms with E-state index < -0.39 is 0 Å². The minimum atomic E-state index is 0.376. The van der Waals surface area contributed by atoms with Crippen molar-refractivity contribution in [2.24, 2.45) is 23.7 Å². The lowest BCUT2D eigenvalue weighted by Crippen LogP contribution is -2.25. The van der Waals surface area contributed by atoms with Crippen molar-refractivity contribution in [1.82, 2.24) is 0 Å². The summed E-state index contributed by atoms with van der Waals surface area (Å²) in [7, 11) is 0. The smallest absolute Gasteiger partial charge is 0.123 e. The van der Waals surface area contributed by atoms with Crippen molar-refractivity contribution in [2.75, 3.05) is 0 Å². The molecule has 2 fully saturated rings. The van der Waals surface area contributed by atoms with E-state index in [0.29, 0.717) is 5.92 Å². The summed E-state index contributed by atoms with van der Waals surface area (Å²) in [5, 5.41) is 0. The zero-order valence-corrected chi connectivity index (χ0v) is 10.2. The van der Waals surface area contributed by atoms with Crippen LogP contribution in [0.15, 0.2) is 12.7 Å². The average molecular weight is 220 g/mol. The van der Waals surface area contributed by atoms with Crippen LogP contribution in [0.4, 0.5) is 0 Å². The third-order valence-electron chi connectivity index (χ3n) is 4.83. The second-order valence-corrected chi connectivity index (χ2v) is 5.72. The summed E-state index contributed by atoms with van der Waals surface area (Å²) in [4.78, 5) is 10.7.